The van der Waals surface area contributed by atoms with E-state index in [2.05, 4.69) is 120 Å². The third-order valence-corrected chi connectivity index (χ3v) is 8.76. The van der Waals surface area contributed by atoms with Gasteiger partial charge in [0.1, 0.15) is 6.07 Å². The summed E-state index contributed by atoms with van der Waals surface area (Å²) < 4.78 is 2.38. The molecule has 0 radical (unpaired) electrons. The van der Waals surface area contributed by atoms with E-state index in [1.807, 2.05) is 54.6 Å². The number of hydrogen-bond donors (Lipinski definition) is 1. The quantitative estimate of drug-likeness (QED) is 0.204. The monoisotopic (exact) mass is 587 g/mol. The molecular weight excluding hydrogens is 558 g/mol. The van der Waals surface area contributed by atoms with Gasteiger partial charge in [0.25, 0.3) is 0 Å². The van der Waals surface area contributed by atoms with Crippen molar-refractivity contribution in [1.82, 2.24) is 4.57 Å². The number of hydrogen-bond acceptors (Lipinski definition) is 2. The first kappa shape index (κ1) is 27.2. The Kier molecular flexibility index (Phi) is 6.67. The van der Waals surface area contributed by atoms with Crippen LogP contribution in [0.15, 0.2) is 164 Å². The highest BCUT2D eigenvalue weighted by Gasteiger charge is 2.30. The summed E-state index contributed by atoms with van der Waals surface area (Å²) in [5.41, 5.74) is 18.8. The lowest BCUT2D eigenvalue weighted by atomic mass is 9.79. The topological polar surface area (TPSA) is 54.7 Å². The number of aromatic nitrogens is 1. The maximum Gasteiger partial charge on any atom is 0.100 e. The Morgan fingerprint density at radius 3 is 1.33 bits per heavy atom. The van der Waals surface area contributed by atoms with Gasteiger partial charge in [-0.15, -0.1) is 0 Å². The highest BCUT2D eigenvalue weighted by molar-refractivity contribution is 6.14. The summed E-state index contributed by atoms with van der Waals surface area (Å²) in [6.07, 6.45) is 0. The standard InChI is InChI=1S/C43H29N3/c44-28-36-39(29-15-5-1-6-16-29)41(31-19-9-3-10-20-31)43(42(32-21-11-4-12-22-32)40(36)30-17-7-2-8-18-30)46-37-24-14-13-23-34(37)35-27-33(45)25-26-38(35)46/h1-27H,45H2. The predicted octanol–water partition coefficient (Wildman–Crippen LogP) is 10.9. The molecular formula is C43H29N3. The Balaban J connectivity index is 1.72. The van der Waals surface area contributed by atoms with Crippen molar-refractivity contribution in [2.75, 3.05) is 5.73 Å². The fourth-order valence-electron chi connectivity index (χ4n) is 6.86. The predicted molar refractivity (Wildman–Crippen MR) is 192 cm³/mol. The number of fused-ring (bicyclic) bond motifs is 3. The molecule has 0 unspecified atom stereocenters. The van der Waals surface area contributed by atoms with Gasteiger partial charge in [0.2, 0.25) is 0 Å². The van der Waals surface area contributed by atoms with E-state index in [4.69, 9.17) is 5.73 Å². The lowest BCUT2D eigenvalue weighted by Crippen LogP contribution is -2.07. The first-order chi connectivity index (χ1) is 22.7. The van der Waals surface area contributed by atoms with Crippen molar-refractivity contribution >= 4 is 27.5 Å². The number of nitriles is 1. The SMILES string of the molecule is N#Cc1c(-c2ccccc2)c(-c2ccccc2)c(-n2c3ccccc3c3cc(N)ccc32)c(-c2ccccc2)c1-c1ccccc1. The van der Waals surface area contributed by atoms with Gasteiger partial charge in [0.15, 0.2) is 0 Å². The smallest absolute Gasteiger partial charge is 0.100 e. The molecule has 8 aromatic rings. The van der Waals surface area contributed by atoms with Crippen LogP contribution in [-0.2, 0) is 0 Å². The van der Waals surface area contributed by atoms with Gasteiger partial charge in [-0.2, -0.15) is 5.26 Å². The number of nitrogens with two attached hydrogens (primary N) is 1. The molecule has 8 rings (SSSR count). The Hall–Kier alpha value is -6.37. The van der Waals surface area contributed by atoms with Crippen LogP contribution in [0.4, 0.5) is 5.69 Å². The van der Waals surface area contributed by atoms with Gasteiger partial charge in [-0.05, 0) is 46.5 Å². The molecule has 0 saturated carbocycles. The zero-order valence-electron chi connectivity index (χ0n) is 25.1. The van der Waals surface area contributed by atoms with Crippen molar-refractivity contribution in [3.05, 3.63) is 169 Å². The molecule has 0 aliphatic carbocycles. The lowest BCUT2D eigenvalue weighted by molar-refractivity contribution is 1.18. The molecule has 1 aromatic heterocycles. The Morgan fingerprint density at radius 1 is 0.435 bits per heavy atom. The molecule has 0 aliphatic heterocycles. The van der Waals surface area contributed by atoms with Crippen LogP contribution in [-0.4, -0.2) is 4.57 Å². The van der Waals surface area contributed by atoms with Crippen molar-refractivity contribution in [2.45, 2.75) is 0 Å². The fraction of sp³-hybridized carbons (Fsp3) is 0. The highest BCUT2D eigenvalue weighted by Crippen LogP contribution is 2.52. The molecule has 46 heavy (non-hydrogen) atoms. The summed E-state index contributed by atoms with van der Waals surface area (Å²) in [4.78, 5) is 0. The minimum Gasteiger partial charge on any atom is -0.399 e. The van der Waals surface area contributed by atoms with Crippen molar-refractivity contribution in [3.8, 4) is 56.3 Å². The van der Waals surface area contributed by atoms with E-state index in [-0.39, 0.29) is 0 Å². The lowest BCUT2D eigenvalue weighted by Gasteiger charge is -2.27. The van der Waals surface area contributed by atoms with Gasteiger partial charge < -0.3 is 10.3 Å². The number of anilines is 1. The minimum absolute atomic E-state index is 0.642. The van der Waals surface area contributed by atoms with Gasteiger partial charge in [-0.25, -0.2) is 0 Å². The maximum absolute atomic E-state index is 11.2. The summed E-state index contributed by atoms with van der Waals surface area (Å²) in [5.74, 6) is 0. The van der Waals surface area contributed by atoms with Crippen LogP contribution in [0.25, 0.3) is 72.0 Å². The third-order valence-electron chi connectivity index (χ3n) is 8.76. The number of nitrogens with zero attached hydrogens (tertiary/aromatic N) is 2. The van der Waals surface area contributed by atoms with E-state index in [1.54, 1.807) is 0 Å². The van der Waals surface area contributed by atoms with Crippen molar-refractivity contribution in [2.24, 2.45) is 0 Å². The van der Waals surface area contributed by atoms with E-state index in [0.717, 1.165) is 77.7 Å². The molecule has 2 N–H and O–H groups in total. The Labute approximate surface area is 268 Å². The molecule has 0 amide bonds. The first-order valence-electron chi connectivity index (χ1n) is 15.4. The van der Waals surface area contributed by atoms with Gasteiger partial charge in [-0.1, -0.05) is 140 Å². The summed E-state index contributed by atoms with van der Waals surface area (Å²) in [6.45, 7) is 0. The van der Waals surface area contributed by atoms with Crippen LogP contribution < -0.4 is 5.73 Å². The molecule has 0 spiro atoms. The molecule has 3 heteroatoms. The molecule has 0 aliphatic rings. The van der Waals surface area contributed by atoms with Crippen LogP contribution in [0.3, 0.4) is 0 Å². The van der Waals surface area contributed by atoms with Gasteiger partial charge in [0.05, 0.1) is 22.3 Å². The van der Waals surface area contributed by atoms with Crippen LogP contribution in [0, 0.1) is 11.3 Å². The molecule has 0 bridgehead atoms. The average Bonchev–Trinajstić information content (AvgIpc) is 3.45. The van der Waals surface area contributed by atoms with E-state index in [0.29, 0.717) is 5.56 Å². The molecule has 1 heterocycles. The summed E-state index contributed by atoms with van der Waals surface area (Å²) in [6, 6.07) is 59.0. The molecule has 216 valence electrons. The minimum atomic E-state index is 0.642. The Bertz CT molecular complexity index is 2300. The van der Waals surface area contributed by atoms with Crippen LogP contribution >= 0.6 is 0 Å². The average molecular weight is 588 g/mol. The van der Waals surface area contributed by atoms with E-state index in [1.165, 1.54) is 0 Å². The largest absolute Gasteiger partial charge is 0.399 e. The fourth-order valence-corrected chi connectivity index (χ4v) is 6.86. The zero-order chi connectivity index (χ0) is 31.0. The number of rotatable bonds is 5. The van der Waals surface area contributed by atoms with Gasteiger partial charge in [-0.3, -0.25) is 0 Å². The van der Waals surface area contributed by atoms with Crippen molar-refractivity contribution < 1.29 is 0 Å². The number of benzene rings is 7. The van der Waals surface area contributed by atoms with Crippen molar-refractivity contribution in [1.29, 1.82) is 5.26 Å². The second-order valence-corrected chi connectivity index (χ2v) is 11.4. The van der Waals surface area contributed by atoms with E-state index in [9.17, 15) is 5.26 Å². The van der Waals surface area contributed by atoms with Crippen molar-refractivity contribution in [3.63, 3.8) is 0 Å². The maximum atomic E-state index is 11.2. The Morgan fingerprint density at radius 2 is 0.848 bits per heavy atom. The molecule has 0 saturated heterocycles. The van der Waals surface area contributed by atoms with E-state index < -0.39 is 0 Å². The highest BCUT2D eigenvalue weighted by atomic mass is 15.0. The van der Waals surface area contributed by atoms with Crippen LogP contribution in [0.2, 0.25) is 0 Å². The van der Waals surface area contributed by atoms with Gasteiger partial charge in [0, 0.05) is 38.7 Å². The molecule has 0 fully saturated rings. The second kappa shape index (κ2) is 11.3. The van der Waals surface area contributed by atoms with Gasteiger partial charge >= 0.3 is 0 Å². The molecule has 0 atom stereocenters. The first-order valence-corrected chi connectivity index (χ1v) is 15.4. The van der Waals surface area contributed by atoms with E-state index >= 15 is 0 Å². The summed E-state index contributed by atoms with van der Waals surface area (Å²) in [5, 5.41) is 13.4. The number of para-hydroxylation sites is 1. The van der Waals surface area contributed by atoms with Crippen LogP contribution in [0.5, 0.6) is 0 Å². The molecule has 3 nitrogen and oxygen atoms in total. The summed E-state index contributed by atoms with van der Waals surface area (Å²) in [7, 11) is 0. The molecule has 7 aromatic carbocycles. The number of nitrogen functional groups attached to an aromatic ring is 1. The zero-order valence-corrected chi connectivity index (χ0v) is 25.1. The summed E-state index contributed by atoms with van der Waals surface area (Å²) >= 11 is 0. The van der Waals surface area contributed by atoms with Crippen LogP contribution in [0.1, 0.15) is 5.56 Å². The third kappa shape index (κ3) is 4.36. The second-order valence-electron chi connectivity index (χ2n) is 11.4. The normalized spacial score (nSPS) is 11.1.